The number of benzene rings is 1. The van der Waals surface area contributed by atoms with Crippen LogP contribution in [-0.4, -0.2) is 14.0 Å². The van der Waals surface area contributed by atoms with Gasteiger partial charge in [-0.05, 0) is 44.4 Å². The smallest absolute Gasteiger partial charge is 0.240 e. The number of anilines is 2. The minimum atomic E-state index is -3.75. The summed E-state index contributed by atoms with van der Waals surface area (Å²) in [7, 11) is -3.75. The number of nitrogen functional groups attached to an aromatic ring is 1. The topological polar surface area (TPSA) is 98.2 Å². The summed E-state index contributed by atoms with van der Waals surface area (Å²) in [6, 6.07) is 4.72. The molecule has 6 heteroatoms. The van der Waals surface area contributed by atoms with Crippen LogP contribution in [0.1, 0.15) is 26.2 Å². The molecule has 0 aliphatic heterocycles. The SMILES string of the molecule is CC1(Nc2ccc(N)cc2S(N)(=O)=O)CCC1. The quantitative estimate of drug-likeness (QED) is 0.708. The summed E-state index contributed by atoms with van der Waals surface area (Å²) in [5.41, 5.74) is 6.47. The van der Waals surface area contributed by atoms with E-state index in [1.54, 1.807) is 12.1 Å². The highest BCUT2D eigenvalue weighted by atomic mass is 32.2. The Labute approximate surface area is 101 Å². The second-order valence-electron chi connectivity index (χ2n) is 4.84. The molecular formula is C11H17N3O2S. The van der Waals surface area contributed by atoms with Crippen LogP contribution in [0.3, 0.4) is 0 Å². The Morgan fingerprint density at radius 1 is 1.35 bits per heavy atom. The van der Waals surface area contributed by atoms with Gasteiger partial charge in [-0.3, -0.25) is 0 Å². The van der Waals surface area contributed by atoms with Gasteiger partial charge in [0.2, 0.25) is 10.0 Å². The van der Waals surface area contributed by atoms with Gasteiger partial charge in [0.15, 0.2) is 0 Å². The molecule has 0 aromatic heterocycles. The number of hydrogen-bond acceptors (Lipinski definition) is 4. The number of primary sulfonamides is 1. The Morgan fingerprint density at radius 2 is 2.00 bits per heavy atom. The standard InChI is InChI=1S/C11H17N3O2S/c1-11(5-2-6-11)14-9-4-3-8(12)7-10(9)17(13,15)16/h3-4,7,14H,2,5-6,12H2,1H3,(H2,13,15,16). The highest BCUT2D eigenvalue weighted by molar-refractivity contribution is 7.89. The second-order valence-corrected chi connectivity index (χ2v) is 6.37. The molecule has 1 aliphatic carbocycles. The van der Waals surface area contributed by atoms with E-state index in [4.69, 9.17) is 10.9 Å². The largest absolute Gasteiger partial charge is 0.399 e. The van der Waals surface area contributed by atoms with Gasteiger partial charge in [0, 0.05) is 11.2 Å². The van der Waals surface area contributed by atoms with Crippen LogP contribution in [0.4, 0.5) is 11.4 Å². The first-order valence-corrected chi connectivity index (χ1v) is 7.05. The fourth-order valence-corrected chi connectivity index (χ4v) is 2.76. The third-order valence-corrected chi connectivity index (χ3v) is 4.16. The molecule has 0 bridgehead atoms. The van der Waals surface area contributed by atoms with Crippen LogP contribution in [0.15, 0.2) is 23.1 Å². The van der Waals surface area contributed by atoms with Gasteiger partial charge in [0.25, 0.3) is 0 Å². The van der Waals surface area contributed by atoms with E-state index in [2.05, 4.69) is 12.2 Å². The van der Waals surface area contributed by atoms with E-state index in [0.717, 1.165) is 19.3 Å². The van der Waals surface area contributed by atoms with E-state index in [9.17, 15) is 8.42 Å². The van der Waals surface area contributed by atoms with E-state index in [1.807, 2.05) is 0 Å². The van der Waals surface area contributed by atoms with E-state index in [-0.39, 0.29) is 10.4 Å². The molecule has 0 atom stereocenters. The molecule has 0 radical (unpaired) electrons. The summed E-state index contributed by atoms with van der Waals surface area (Å²) in [6.07, 6.45) is 3.21. The van der Waals surface area contributed by atoms with Crippen molar-refractivity contribution in [1.82, 2.24) is 0 Å². The molecule has 0 heterocycles. The number of nitrogens with two attached hydrogens (primary N) is 2. The molecule has 5 nitrogen and oxygen atoms in total. The third-order valence-electron chi connectivity index (χ3n) is 3.21. The average molecular weight is 255 g/mol. The first kappa shape index (κ1) is 12.2. The zero-order valence-electron chi connectivity index (χ0n) is 9.73. The summed E-state index contributed by atoms with van der Waals surface area (Å²) in [6.45, 7) is 2.07. The molecule has 0 saturated heterocycles. The van der Waals surface area contributed by atoms with Gasteiger partial charge in [0.05, 0.1) is 5.69 Å². The van der Waals surface area contributed by atoms with Crippen molar-refractivity contribution in [2.45, 2.75) is 36.6 Å². The van der Waals surface area contributed by atoms with Gasteiger partial charge in [0.1, 0.15) is 4.90 Å². The predicted molar refractivity (Wildman–Crippen MR) is 68.1 cm³/mol. The second kappa shape index (κ2) is 3.89. The van der Waals surface area contributed by atoms with Crippen LogP contribution in [0.25, 0.3) is 0 Å². The van der Waals surface area contributed by atoms with E-state index < -0.39 is 10.0 Å². The highest BCUT2D eigenvalue weighted by Crippen LogP contribution is 2.36. The molecule has 0 unspecified atom stereocenters. The number of sulfonamides is 1. The van der Waals surface area contributed by atoms with Gasteiger partial charge in [-0.25, -0.2) is 13.6 Å². The van der Waals surface area contributed by atoms with Crippen molar-refractivity contribution in [3.05, 3.63) is 18.2 Å². The normalized spacial score (nSPS) is 18.5. The molecule has 0 amide bonds. The van der Waals surface area contributed by atoms with Crippen LogP contribution in [0.5, 0.6) is 0 Å². The molecule has 1 saturated carbocycles. The Kier molecular flexibility index (Phi) is 2.79. The van der Waals surface area contributed by atoms with Crippen molar-refractivity contribution >= 4 is 21.4 Å². The summed E-state index contributed by atoms with van der Waals surface area (Å²) in [5, 5.41) is 8.42. The lowest BCUT2D eigenvalue weighted by atomic mass is 9.78. The van der Waals surface area contributed by atoms with Crippen molar-refractivity contribution in [2.75, 3.05) is 11.1 Å². The van der Waals surface area contributed by atoms with Gasteiger partial charge in [-0.2, -0.15) is 0 Å². The lowest BCUT2D eigenvalue weighted by Crippen LogP contribution is -2.42. The predicted octanol–water partition coefficient (Wildman–Crippen LogP) is 1.27. The van der Waals surface area contributed by atoms with Crippen LogP contribution in [-0.2, 0) is 10.0 Å². The van der Waals surface area contributed by atoms with E-state index in [1.165, 1.54) is 6.07 Å². The van der Waals surface area contributed by atoms with Crippen LogP contribution in [0.2, 0.25) is 0 Å². The zero-order valence-corrected chi connectivity index (χ0v) is 10.5. The molecule has 1 fully saturated rings. The first-order chi connectivity index (χ1) is 7.80. The van der Waals surface area contributed by atoms with Crippen molar-refractivity contribution < 1.29 is 8.42 Å². The van der Waals surface area contributed by atoms with Crippen molar-refractivity contribution in [3.63, 3.8) is 0 Å². The van der Waals surface area contributed by atoms with Crippen molar-refractivity contribution in [1.29, 1.82) is 0 Å². The number of hydrogen-bond donors (Lipinski definition) is 3. The molecule has 5 N–H and O–H groups in total. The molecule has 1 aromatic carbocycles. The number of nitrogens with one attached hydrogen (secondary N) is 1. The van der Waals surface area contributed by atoms with Gasteiger partial charge < -0.3 is 11.1 Å². The Hall–Kier alpha value is -1.27. The minimum absolute atomic E-state index is 0.0322. The summed E-state index contributed by atoms with van der Waals surface area (Å²) < 4.78 is 23.0. The van der Waals surface area contributed by atoms with E-state index >= 15 is 0 Å². The lowest BCUT2D eigenvalue weighted by molar-refractivity contribution is 0.306. The maximum Gasteiger partial charge on any atom is 0.240 e. The van der Waals surface area contributed by atoms with Crippen LogP contribution < -0.4 is 16.2 Å². The van der Waals surface area contributed by atoms with Crippen molar-refractivity contribution in [3.8, 4) is 0 Å². The molecule has 1 aromatic rings. The Balaban J connectivity index is 2.40. The lowest BCUT2D eigenvalue weighted by Gasteiger charge is -2.40. The maximum absolute atomic E-state index is 11.5. The zero-order chi connectivity index (χ0) is 12.7. The first-order valence-electron chi connectivity index (χ1n) is 5.51. The van der Waals surface area contributed by atoms with Crippen molar-refractivity contribution in [2.24, 2.45) is 5.14 Å². The van der Waals surface area contributed by atoms with Crippen LogP contribution in [0, 0.1) is 0 Å². The van der Waals surface area contributed by atoms with Crippen LogP contribution >= 0.6 is 0 Å². The summed E-state index contributed by atoms with van der Waals surface area (Å²) >= 11 is 0. The molecular weight excluding hydrogens is 238 g/mol. The van der Waals surface area contributed by atoms with E-state index in [0.29, 0.717) is 11.4 Å². The molecule has 94 valence electrons. The highest BCUT2D eigenvalue weighted by Gasteiger charge is 2.32. The average Bonchev–Trinajstić information content (AvgIpc) is 2.17. The monoisotopic (exact) mass is 255 g/mol. The van der Waals surface area contributed by atoms with Gasteiger partial charge in [-0.15, -0.1) is 0 Å². The third kappa shape index (κ3) is 2.53. The molecule has 17 heavy (non-hydrogen) atoms. The Morgan fingerprint density at radius 3 is 2.47 bits per heavy atom. The minimum Gasteiger partial charge on any atom is -0.399 e. The summed E-state index contributed by atoms with van der Waals surface area (Å²) in [4.78, 5) is 0.0608. The molecule has 0 spiro atoms. The van der Waals surface area contributed by atoms with Gasteiger partial charge in [-0.1, -0.05) is 0 Å². The maximum atomic E-state index is 11.5. The molecule has 2 rings (SSSR count). The Bertz CT molecular complexity index is 536. The fraction of sp³-hybridized carbons (Fsp3) is 0.455. The fourth-order valence-electron chi connectivity index (χ4n) is 2.03. The summed E-state index contributed by atoms with van der Waals surface area (Å²) in [5.74, 6) is 0. The number of rotatable bonds is 3. The van der Waals surface area contributed by atoms with Gasteiger partial charge >= 0.3 is 0 Å². The molecule has 1 aliphatic rings.